The first-order chi connectivity index (χ1) is 12.9. The van der Waals surface area contributed by atoms with E-state index >= 15 is 0 Å². The van der Waals surface area contributed by atoms with Crippen molar-refractivity contribution < 1.29 is 17.5 Å². The molecule has 1 aromatic rings. The van der Waals surface area contributed by atoms with Crippen LogP contribution in [0.25, 0.3) is 0 Å². The monoisotopic (exact) mass is 417 g/mol. The smallest absolute Gasteiger partial charge is 0.273 e. The van der Waals surface area contributed by atoms with Gasteiger partial charge in [-0.25, -0.2) is 18.8 Å². The quantitative estimate of drug-likeness (QED) is 0.757. The minimum Gasteiger partial charge on any atom is -0.369 e. The van der Waals surface area contributed by atoms with Crippen LogP contribution in [0, 0.1) is 0 Å². The van der Waals surface area contributed by atoms with Gasteiger partial charge in [-0.05, 0) is 36.1 Å². The molecular weight excluding hydrogens is 399 g/mol. The fraction of sp³-hybridized carbons (Fsp3) is 0.562. The third-order valence-electron chi connectivity index (χ3n) is 5.15. The molecule has 146 valence electrons. The number of pyridine rings is 1. The molecule has 2 atom stereocenters. The maximum absolute atomic E-state index is 13.9. The van der Waals surface area contributed by atoms with Gasteiger partial charge < -0.3 is 15.5 Å². The molecule has 2 unspecified atom stereocenters. The van der Waals surface area contributed by atoms with Gasteiger partial charge in [-0.15, -0.1) is 0 Å². The molecule has 0 radical (unpaired) electrons. The molecule has 0 saturated carbocycles. The van der Waals surface area contributed by atoms with Crippen LogP contribution in [0.2, 0.25) is 0 Å². The van der Waals surface area contributed by atoms with Crippen molar-refractivity contribution in [1.82, 2.24) is 14.8 Å². The number of piperidine rings is 1. The molecule has 4 heterocycles. The number of carbonyl (C=O) groups is 1. The number of alkyl halides is 2. The van der Waals surface area contributed by atoms with Crippen LogP contribution in [-0.4, -0.2) is 51.0 Å². The van der Waals surface area contributed by atoms with E-state index in [-0.39, 0.29) is 40.5 Å². The van der Waals surface area contributed by atoms with Gasteiger partial charge in [0.1, 0.15) is 16.9 Å². The Kier molecular flexibility index (Phi) is 4.91. The van der Waals surface area contributed by atoms with Crippen LogP contribution < -0.4 is 5.73 Å². The summed E-state index contributed by atoms with van der Waals surface area (Å²) in [6.07, 6.45) is 3.50. The standard InChI is InChI=1S/C16H18F3N5OS2/c17-16(18)6-12-9-5-10(21-7-11(9)22-15(20)24(12)8-16)14(25)23-4-2-1-3-13(23)26-27-19/h5,7,12-13H,1-4,6,8H2,(H2,20,22). The lowest BCUT2D eigenvalue weighted by molar-refractivity contribution is 0.0165. The predicted octanol–water partition coefficient (Wildman–Crippen LogP) is 3.64. The van der Waals surface area contributed by atoms with E-state index < -0.39 is 18.5 Å². The zero-order valence-corrected chi connectivity index (χ0v) is 15.9. The van der Waals surface area contributed by atoms with Crippen molar-refractivity contribution in [3.05, 3.63) is 23.5 Å². The van der Waals surface area contributed by atoms with Crippen molar-refractivity contribution >= 4 is 39.5 Å². The summed E-state index contributed by atoms with van der Waals surface area (Å²) >= 11 is 0.141. The van der Waals surface area contributed by atoms with Crippen molar-refractivity contribution in [2.75, 3.05) is 13.1 Å². The van der Waals surface area contributed by atoms with Gasteiger partial charge in [-0.2, -0.15) is 3.89 Å². The highest BCUT2D eigenvalue weighted by Crippen LogP contribution is 2.46. The fourth-order valence-corrected chi connectivity index (χ4v) is 5.39. The number of aromatic nitrogens is 1. The van der Waals surface area contributed by atoms with E-state index in [2.05, 4.69) is 9.98 Å². The number of hydrogen-bond donors (Lipinski definition) is 1. The second-order valence-corrected chi connectivity index (χ2v) is 8.73. The molecule has 27 heavy (non-hydrogen) atoms. The van der Waals surface area contributed by atoms with Crippen LogP contribution in [-0.2, 0) is 0 Å². The summed E-state index contributed by atoms with van der Waals surface area (Å²) in [5.41, 5.74) is 6.92. The molecule has 0 aliphatic carbocycles. The summed E-state index contributed by atoms with van der Waals surface area (Å²) in [5.74, 6) is -3.15. The van der Waals surface area contributed by atoms with Crippen LogP contribution in [0.3, 0.4) is 0 Å². The van der Waals surface area contributed by atoms with E-state index in [1.54, 1.807) is 4.90 Å². The lowest BCUT2D eigenvalue weighted by Crippen LogP contribution is -2.42. The summed E-state index contributed by atoms with van der Waals surface area (Å²) in [7, 11) is 1.01. The number of halogens is 3. The molecule has 0 bridgehead atoms. The van der Waals surface area contributed by atoms with Crippen LogP contribution in [0.15, 0.2) is 17.3 Å². The van der Waals surface area contributed by atoms with Crippen molar-refractivity contribution in [3.8, 4) is 0 Å². The summed E-state index contributed by atoms with van der Waals surface area (Å²) in [5, 5.41) is -0.264. The number of likely N-dealkylation sites (tertiary alicyclic amines) is 1. The molecule has 3 aliphatic rings. The van der Waals surface area contributed by atoms with Gasteiger partial charge in [0.25, 0.3) is 11.8 Å². The van der Waals surface area contributed by atoms with Crippen molar-refractivity contribution in [2.45, 2.75) is 43.0 Å². The van der Waals surface area contributed by atoms with Crippen molar-refractivity contribution in [1.29, 1.82) is 0 Å². The molecule has 1 amide bonds. The first-order valence-electron chi connectivity index (χ1n) is 8.63. The number of nitrogens with zero attached hydrogens (tertiary/aromatic N) is 4. The normalized spacial score (nSPS) is 26.4. The number of rotatable bonds is 3. The average Bonchev–Trinajstić information content (AvgIpc) is 2.98. The Bertz CT molecular complexity index is 791. The molecule has 11 heteroatoms. The average molecular weight is 417 g/mol. The Morgan fingerprint density at radius 3 is 2.96 bits per heavy atom. The van der Waals surface area contributed by atoms with E-state index in [4.69, 9.17) is 5.73 Å². The van der Waals surface area contributed by atoms with Gasteiger partial charge in [0, 0.05) is 18.5 Å². The topological polar surface area (TPSA) is 74.8 Å². The number of guanidine groups is 1. The number of carbonyl (C=O) groups excluding carboxylic acids is 1. The Hall–Kier alpha value is -1.62. The van der Waals surface area contributed by atoms with E-state index in [0.29, 0.717) is 24.2 Å². The lowest BCUT2D eigenvalue weighted by Gasteiger charge is -2.34. The third-order valence-corrected chi connectivity index (χ3v) is 6.82. The van der Waals surface area contributed by atoms with Gasteiger partial charge in [-0.3, -0.25) is 4.79 Å². The minimum atomic E-state index is -2.87. The van der Waals surface area contributed by atoms with Gasteiger partial charge in [-0.1, -0.05) is 0 Å². The highest BCUT2D eigenvalue weighted by atomic mass is 33.1. The predicted molar refractivity (Wildman–Crippen MR) is 99.5 cm³/mol. The Morgan fingerprint density at radius 2 is 2.19 bits per heavy atom. The van der Waals surface area contributed by atoms with Gasteiger partial charge in [0.15, 0.2) is 5.96 Å². The Balaban J connectivity index is 1.65. The molecule has 0 spiro atoms. The number of nitrogens with two attached hydrogens (primary N) is 1. The number of amides is 1. The number of fused-ring (bicyclic) bond motifs is 3. The Labute approximate surface area is 162 Å². The van der Waals surface area contributed by atoms with Crippen LogP contribution >= 0.6 is 22.0 Å². The van der Waals surface area contributed by atoms with E-state index in [0.717, 1.165) is 23.6 Å². The van der Waals surface area contributed by atoms with E-state index in [1.165, 1.54) is 17.2 Å². The highest BCUT2D eigenvalue weighted by Gasteiger charge is 2.48. The summed E-state index contributed by atoms with van der Waals surface area (Å²) in [4.78, 5) is 24.3. The Morgan fingerprint density at radius 1 is 1.37 bits per heavy atom. The van der Waals surface area contributed by atoms with E-state index in [9.17, 15) is 17.5 Å². The number of aliphatic imine (C=N–C) groups is 1. The lowest BCUT2D eigenvalue weighted by atomic mass is 10.0. The van der Waals surface area contributed by atoms with Gasteiger partial charge in [0.05, 0.1) is 29.8 Å². The van der Waals surface area contributed by atoms with Gasteiger partial charge >= 0.3 is 0 Å². The fourth-order valence-electron chi connectivity index (χ4n) is 3.89. The molecule has 3 aliphatic heterocycles. The largest absolute Gasteiger partial charge is 0.369 e. The molecule has 2 saturated heterocycles. The molecule has 6 nitrogen and oxygen atoms in total. The molecule has 2 N–H and O–H groups in total. The second-order valence-electron chi connectivity index (χ2n) is 6.91. The zero-order chi connectivity index (χ0) is 19.2. The van der Waals surface area contributed by atoms with Crippen molar-refractivity contribution in [3.63, 3.8) is 0 Å². The van der Waals surface area contributed by atoms with Crippen LogP contribution in [0.4, 0.5) is 18.4 Å². The summed E-state index contributed by atoms with van der Waals surface area (Å²) in [6.45, 7) is 0.0329. The SMILES string of the molecule is NC1=Nc2cnc(C(=O)N3CCCCC3SSF)cc2C2CC(F)(F)CN12. The van der Waals surface area contributed by atoms with Crippen molar-refractivity contribution in [2.24, 2.45) is 10.7 Å². The first-order valence-corrected chi connectivity index (χ1v) is 10.7. The van der Waals surface area contributed by atoms with Crippen LogP contribution in [0.5, 0.6) is 0 Å². The first kappa shape index (κ1) is 18.7. The molecule has 0 aromatic carbocycles. The number of hydrogen-bond acceptors (Lipinski definition) is 7. The third kappa shape index (κ3) is 3.46. The highest BCUT2D eigenvalue weighted by molar-refractivity contribution is 8.75. The molecule has 1 aromatic heterocycles. The van der Waals surface area contributed by atoms with E-state index in [1.807, 2.05) is 0 Å². The summed E-state index contributed by atoms with van der Waals surface area (Å²) < 4.78 is 40.6. The second kappa shape index (κ2) is 7.08. The molecule has 2 fully saturated rings. The van der Waals surface area contributed by atoms with Crippen LogP contribution in [0.1, 0.15) is 47.8 Å². The summed E-state index contributed by atoms with van der Waals surface area (Å²) in [6, 6.07) is 0.904. The maximum Gasteiger partial charge on any atom is 0.273 e. The van der Waals surface area contributed by atoms with Gasteiger partial charge in [0.2, 0.25) is 0 Å². The molecular formula is C16H18F3N5OS2. The molecule has 4 rings (SSSR count). The maximum atomic E-state index is 13.9. The minimum absolute atomic E-state index is 0.0398. The zero-order valence-electron chi connectivity index (χ0n) is 14.3.